The number of hydrogen-bond acceptors (Lipinski definition) is 11. The van der Waals surface area contributed by atoms with Gasteiger partial charge in [0.05, 0.1) is 30.7 Å². The van der Waals surface area contributed by atoms with Gasteiger partial charge in [-0.25, -0.2) is 9.59 Å². The summed E-state index contributed by atoms with van der Waals surface area (Å²) in [4.78, 5) is 34.5. The molecular weight excluding hydrogens is 766 g/mol. The van der Waals surface area contributed by atoms with Gasteiger partial charge in [0, 0.05) is 51.1 Å². The Labute approximate surface area is 346 Å². The predicted octanol–water partition coefficient (Wildman–Crippen LogP) is 7.44. The zero-order chi connectivity index (χ0) is 40.9. The number of alkyl halides is 1. The average molecular weight is 824 g/mol. The molecule has 58 heavy (non-hydrogen) atoms. The van der Waals surface area contributed by atoms with E-state index in [0.717, 1.165) is 55.2 Å². The number of ether oxygens (including phenoxy) is 5. The van der Waals surface area contributed by atoms with Crippen LogP contribution in [-0.2, 0) is 25.6 Å². The number of fused-ring (bicyclic) bond motifs is 2. The highest BCUT2D eigenvalue weighted by Crippen LogP contribution is 2.61. The lowest BCUT2D eigenvalue weighted by Gasteiger charge is -2.59. The molecule has 1 saturated carbocycles. The van der Waals surface area contributed by atoms with E-state index >= 15 is 0 Å². The number of aliphatic hydroxyl groups is 2. The molecule has 2 aromatic rings. The number of amides is 2. The zero-order valence-corrected chi connectivity index (χ0v) is 34.2. The fraction of sp³-hybridized carbons (Fsp3) is 0.568. The van der Waals surface area contributed by atoms with Crippen LogP contribution in [0.5, 0.6) is 11.5 Å². The van der Waals surface area contributed by atoms with E-state index in [0.29, 0.717) is 49.6 Å². The monoisotopic (exact) mass is 823 g/mol. The van der Waals surface area contributed by atoms with Crippen LogP contribution in [0.4, 0.5) is 9.59 Å². The van der Waals surface area contributed by atoms with E-state index in [1.165, 1.54) is 4.90 Å². The number of carbonyl (C=O) groups is 2. The number of oxime groups is 1. The van der Waals surface area contributed by atoms with Crippen molar-refractivity contribution >= 4 is 29.5 Å². The van der Waals surface area contributed by atoms with E-state index in [-0.39, 0.29) is 56.5 Å². The van der Waals surface area contributed by atoms with E-state index < -0.39 is 36.2 Å². The first-order valence-corrected chi connectivity index (χ1v) is 21.2. The molecule has 7 atom stereocenters. The Bertz CT molecular complexity index is 1740. The Morgan fingerprint density at radius 3 is 2.60 bits per heavy atom. The first kappa shape index (κ1) is 43.4. The molecule has 2 amide bonds. The average Bonchev–Trinajstić information content (AvgIpc) is 3.25. The van der Waals surface area contributed by atoms with Gasteiger partial charge in [-0.2, -0.15) is 0 Å². The summed E-state index contributed by atoms with van der Waals surface area (Å²) in [7, 11) is 1.66. The predicted molar refractivity (Wildman–Crippen MR) is 219 cm³/mol. The molecule has 0 radical (unpaired) electrons. The Morgan fingerprint density at radius 1 is 1.09 bits per heavy atom. The largest absolute Gasteiger partial charge is 0.459 e. The van der Waals surface area contributed by atoms with Crippen LogP contribution in [0.15, 0.2) is 78.0 Å². The van der Waals surface area contributed by atoms with Crippen LogP contribution < -0.4 is 14.8 Å². The van der Waals surface area contributed by atoms with Crippen LogP contribution in [-0.4, -0.2) is 97.1 Å². The van der Waals surface area contributed by atoms with Crippen molar-refractivity contribution in [2.75, 3.05) is 46.0 Å². The summed E-state index contributed by atoms with van der Waals surface area (Å²) >= 11 is 5.94. The Hall–Kier alpha value is -4.14. The van der Waals surface area contributed by atoms with Gasteiger partial charge in [-0.05, 0) is 79.7 Å². The number of likely N-dealkylation sites (N-methyl/N-ethyl adjacent to an activating group) is 1. The van der Waals surface area contributed by atoms with Gasteiger partial charge in [-0.3, -0.25) is 0 Å². The third-order valence-corrected chi connectivity index (χ3v) is 11.8. The number of carbonyl (C=O) groups excluding carboxylic acids is 2. The Kier molecular flexibility index (Phi) is 15.9. The molecule has 1 saturated heterocycles. The third-order valence-electron chi connectivity index (χ3n) is 11.6. The summed E-state index contributed by atoms with van der Waals surface area (Å²) in [5, 5.41) is 27.4. The molecule has 316 valence electrons. The molecule has 0 aromatic heterocycles. The molecule has 0 bridgehead atoms. The number of aliphatic hydroxyl groups excluding tert-OH is 2. The molecule has 2 aromatic carbocycles. The second-order valence-electron chi connectivity index (χ2n) is 15.3. The molecule has 4 aliphatic rings. The van der Waals surface area contributed by atoms with Gasteiger partial charge in [-0.15, -0.1) is 18.2 Å². The summed E-state index contributed by atoms with van der Waals surface area (Å²) in [6.07, 6.45) is 9.44. The first-order valence-electron chi connectivity index (χ1n) is 20.6. The molecule has 2 aliphatic heterocycles. The minimum atomic E-state index is -1.45. The van der Waals surface area contributed by atoms with Gasteiger partial charge in [0.15, 0.2) is 0 Å². The fourth-order valence-corrected chi connectivity index (χ4v) is 9.05. The van der Waals surface area contributed by atoms with Crippen LogP contribution in [0.2, 0.25) is 0 Å². The maximum Gasteiger partial charge on any atom is 0.412 e. The van der Waals surface area contributed by atoms with Crippen molar-refractivity contribution in [1.29, 1.82) is 0 Å². The molecule has 2 aliphatic carbocycles. The van der Waals surface area contributed by atoms with Crippen molar-refractivity contribution in [3.63, 3.8) is 0 Å². The number of unbranched alkanes of at least 4 members (excludes halogenated alkanes) is 2. The maximum absolute atomic E-state index is 13.7. The summed E-state index contributed by atoms with van der Waals surface area (Å²) in [5.74, 6) is -1.25. The maximum atomic E-state index is 13.7. The number of halogens is 1. The zero-order valence-electron chi connectivity index (χ0n) is 33.4. The number of rotatable bonds is 19. The van der Waals surface area contributed by atoms with Gasteiger partial charge in [0.2, 0.25) is 12.1 Å². The van der Waals surface area contributed by atoms with Crippen molar-refractivity contribution in [1.82, 2.24) is 10.2 Å². The van der Waals surface area contributed by atoms with Crippen molar-refractivity contribution in [2.24, 2.45) is 22.9 Å². The number of hydrogen-bond donors (Lipinski definition) is 3. The first-order chi connectivity index (χ1) is 28.3. The molecule has 7 unspecified atom stereocenters. The highest BCUT2D eigenvalue weighted by Gasteiger charge is 2.65. The molecule has 3 N–H and O–H groups in total. The van der Waals surface area contributed by atoms with Gasteiger partial charge >= 0.3 is 12.2 Å². The van der Waals surface area contributed by atoms with E-state index in [2.05, 4.69) is 18.0 Å². The molecule has 2 heterocycles. The normalized spacial score (nSPS) is 26.6. The summed E-state index contributed by atoms with van der Waals surface area (Å²) in [6, 6.07) is 14.2. The lowest BCUT2D eigenvalue weighted by atomic mass is 9.55. The summed E-state index contributed by atoms with van der Waals surface area (Å²) in [6.45, 7) is 5.13. The van der Waals surface area contributed by atoms with Gasteiger partial charge in [-0.1, -0.05) is 60.5 Å². The van der Waals surface area contributed by atoms with Crippen molar-refractivity contribution in [3.8, 4) is 11.5 Å². The standard InChI is InChI=1S/C44H58ClN3O10/c1-3-23-55-44-38(48(2)43(52)54-25-20-45)28-36(47-58-39-17-9-12-24-53-39)34-26-31(15-7-10-21-49)33(16-8-11-22-50)40(41(34)44)35-27-32(18-19-37(35)57-44)56-42(51)46-29-30-13-5-4-6-14-30/h3-6,13-14,18-19,26-27,31,33,38-41,49-50H,1,7-12,15-17,20-25,28-29H2,2H3,(H,46,51). The number of nitrogens with zero attached hydrogens (tertiary/aromatic N) is 2. The second kappa shape index (κ2) is 21.2. The van der Waals surface area contributed by atoms with Crippen LogP contribution in [0.25, 0.3) is 0 Å². The lowest BCUT2D eigenvalue weighted by molar-refractivity contribution is -0.254. The Morgan fingerprint density at radius 2 is 1.88 bits per heavy atom. The minimum Gasteiger partial charge on any atom is -0.459 e. The molecular formula is C44H58ClN3O10. The topological polar surface area (TPSA) is 158 Å². The van der Waals surface area contributed by atoms with Crippen molar-refractivity contribution in [2.45, 2.75) is 94.8 Å². The van der Waals surface area contributed by atoms with Gasteiger partial charge in [0.25, 0.3) is 0 Å². The molecule has 2 fully saturated rings. The highest BCUT2D eigenvalue weighted by atomic mass is 35.5. The van der Waals surface area contributed by atoms with Crippen LogP contribution in [0.1, 0.15) is 81.3 Å². The minimum absolute atomic E-state index is 0.00777. The molecule has 0 spiro atoms. The van der Waals surface area contributed by atoms with E-state index in [1.54, 1.807) is 25.3 Å². The molecule has 13 nitrogen and oxygen atoms in total. The number of allylic oxidation sites excluding steroid dienone is 1. The number of nitrogens with one attached hydrogen (secondary N) is 1. The molecule has 14 heteroatoms. The van der Waals surface area contributed by atoms with Gasteiger partial charge in [0.1, 0.15) is 24.1 Å². The second-order valence-corrected chi connectivity index (χ2v) is 15.7. The lowest BCUT2D eigenvalue weighted by Crippen LogP contribution is -2.69. The van der Waals surface area contributed by atoms with Crippen molar-refractivity contribution < 1.29 is 48.3 Å². The van der Waals surface area contributed by atoms with Crippen LogP contribution >= 0.6 is 11.6 Å². The number of benzene rings is 2. The SMILES string of the molecule is C=CCOC12Oc3ccc(OC(=O)NCc4ccccc4)cc3C3C(CCCCO)C(CCCCO)C=C(C(=NOC4CCCCO4)CC1N(C)C(=O)OCCCl)C32. The fourth-order valence-electron chi connectivity index (χ4n) is 8.98. The Balaban J connectivity index is 1.49. The van der Waals surface area contributed by atoms with E-state index in [4.69, 9.17) is 45.3 Å². The van der Waals surface area contributed by atoms with Crippen LogP contribution in [0, 0.1) is 17.8 Å². The molecule has 6 rings (SSSR count). The van der Waals surface area contributed by atoms with Crippen LogP contribution in [0.3, 0.4) is 0 Å². The smallest absolute Gasteiger partial charge is 0.412 e. The van der Waals surface area contributed by atoms with E-state index in [1.807, 2.05) is 36.4 Å². The van der Waals surface area contributed by atoms with Gasteiger partial charge < -0.3 is 49.0 Å². The third kappa shape index (κ3) is 10.2. The van der Waals surface area contributed by atoms with E-state index in [9.17, 15) is 19.8 Å². The van der Waals surface area contributed by atoms with Crippen molar-refractivity contribution in [3.05, 3.63) is 84.0 Å². The summed E-state index contributed by atoms with van der Waals surface area (Å²) < 4.78 is 31.4. The quantitative estimate of drug-likeness (QED) is 0.0563. The summed E-state index contributed by atoms with van der Waals surface area (Å²) in [5.41, 5.74) is 3.29. The highest BCUT2D eigenvalue weighted by molar-refractivity contribution is 6.18.